The van der Waals surface area contributed by atoms with Crippen molar-refractivity contribution in [1.82, 2.24) is 19.5 Å². The number of rotatable bonds is 8. The van der Waals surface area contributed by atoms with Crippen LogP contribution in [0.15, 0.2) is 6.33 Å². The van der Waals surface area contributed by atoms with Crippen LogP contribution in [-0.4, -0.2) is 92.3 Å². The van der Waals surface area contributed by atoms with Gasteiger partial charge in [0.25, 0.3) is 0 Å². The van der Waals surface area contributed by atoms with Gasteiger partial charge >= 0.3 is 5.97 Å². The van der Waals surface area contributed by atoms with E-state index in [0.717, 1.165) is 0 Å². The largest absolute Gasteiger partial charge is 0.479 e. The fourth-order valence-electron chi connectivity index (χ4n) is 4.41. The van der Waals surface area contributed by atoms with Crippen molar-refractivity contribution < 1.29 is 38.3 Å². The van der Waals surface area contributed by atoms with Gasteiger partial charge in [-0.25, -0.2) is 4.98 Å². The Morgan fingerprint density at radius 1 is 1.44 bits per heavy atom. The molecule has 4 unspecified atom stereocenters. The van der Waals surface area contributed by atoms with E-state index in [-0.39, 0.29) is 25.0 Å². The molecule has 3 heterocycles. The Hall–Kier alpha value is -2.31. The number of esters is 1. The van der Waals surface area contributed by atoms with Gasteiger partial charge in [0.1, 0.15) is 35.6 Å². The first-order valence-corrected chi connectivity index (χ1v) is 12.2. The molecule has 4 rings (SSSR count). The van der Waals surface area contributed by atoms with E-state index in [1.165, 1.54) is 20.1 Å². The number of imidazole rings is 1. The maximum Gasteiger partial charge on any atom is 0.315 e. The van der Waals surface area contributed by atoms with Gasteiger partial charge in [-0.3, -0.25) is 9.36 Å². The molecule has 1 aliphatic heterocycles. The van der Waals surface area contributed by atoms with Crippen molar-refractivity contribution in [2.24, 2.45) is 0 Å². The van der Waals surface area contributed by atoms with E-state index in [1.807, 2.05) is 0 Å². The molecule has 0 radical (unpaired) electrons. The lowest BCUT2D eigenvalue weighted by Crippen LogP contribution is -2.40. The number of anilines is 1. The van der Waals surface area contributed by atoms with Gasteiger partial charge in [-0.1, -0.05) is 0 Å². The molecule has 0 aromatic carbocycles. The van der Waals surface area contributed by atoms with E-state index in [4.69, 9.17) is 24.5 Å². The summed E-state index contributed by atoms with van der Waals surface area (Å²) in [6.07, 6.45) is -1.27. The standard InChI is InChI=1S/C18H26N5O8P/c1-5-29-10(24)7-32(4,27)30-6-9-12(25)18(26)15(17(18,2)31-9)23-8-20-11-13(23)21-16(19)22-14(11)28-3/h8-9,12,15,25-26H,5-7H2,1-4H3,(H2,19,21,22)/t9-,12?,15-,17?,18?,32?/m1/s1. The molecule has 2 aromatic heterocycles. The third kappa shape index (κ3) is 3.35. The molecule has 1 saturated heterocycles. The van der Waals surface area contributed by atoms with Gasteiger partial charge in [-0.15, -0.1) is 0 Å². The summed E-state index contributed by atoms with van der Waals surface area (Å²) in [5, 5.41) is 22.1. The number of nitrogens with two attached hydrogens (primary N) is 1. The fraction of sp³-hybridized carbons (Fsp3) is 0.667. The van der Waals surface area contributed by atoms with Gasteiger partial charge in [-0.2, -0.15) is 9.97 Å². The summed E-state index contributed by atoms with van der Waals surface area (Å²) in [4.78, 5) is 24.0. The molecule has 14 heteroatoms. The van der Waals surface area contributed by atoms with Crippen molar-refractivity contribution in [2.75, 3.05) is 38.9 Å². The first-order valence-electron chi connectivity index (χ1n) is 9.97. The van der Waals surface area contributed by atoms with E-state index < -0.39 is 49.0 Å². The molecule has 2 fully saturated rings. The minimum atomic E-state index is -3.32. The molecule has 32 heavy (non-hydrogen) atoms. The van der Waals surface area contributed by atoms with Crippen LogP contribution in [0, 0.1) is 0 Å². The second-order valence-corrected chi connectivity index (χ2v) is 10.7. The predicted molar refractivity (Wildman–Crippen MR) is 111 cm³/mol. The van der Waals surface area contributed by atoms with Gasteiger partial charge in [-0.05, 0) is 13.8 Å². The van der Waals surface area contributed by atoms with E-state index >= 15 is 0 Å². The van der Waals surface area contributed by atoms with Crippen molar-refractivity contribution in [3.8, 4) is 5.88 Å². The lowest BCUT2D eigenvalue weighted by Gasteiger charge is -2.24. The number of carbonyl (C=O) groups is 1. The Morgan fingerprint density at radius 2 is 2.16 bits per heavy atom. The summed E-state index contributed by atoms with van der Waals surface area (Å²) in [6, 6.07) is -0.724. The molecule has 13 nitrogen and oxygen atoms in total. The molecule has 0 bridgehead atoms. The first-order chi connectivity index (χ1) is 15.0. The molecule has 0 amide bonds. The maximum atomic E-state index is 12.5. The number of nitrogens with zero attached hydrogens (tertiary/aromatic N) is 4. The number of fused-ring (bicyclic) bond motifs is 2. The molecule has 1 saturated carbocycles. The Bertz CT molecular complexity index is 1110. The van der Waals surface area contributed by atoms with Crippen LogP contribution in [0.25, 0.3) is 11.2 Å². The zero-order valence-electron chi connectivity index (χ0n) is 18.1. The summed E-state index contributed by atoms with van der Waals surface area (Å²) in [6.45, 7) is 4.49. The van der Waals surface area contributed by atoms with Crippen LogP contribution < -0.4 is 10.5 Å². The van der Waals surface area contributed by atoms with Gasteiger partial charge in [0.05, 0.1) is 26.7 Å². The molecule has 0 spiro atoms. The number of aliphatic hydroxyl groups excluding tert-OH is 1. The lowest BCUT2D eigenvalue weighted by molar-refractivity contribution is -0.140. The Morgan fingerprint density at radius 3 is 2.75 bits per heavy atom. The number of aliphatic hydroxyl groups is 2. The van der Waals surface area contributed by atoms with Crippen molar-refractivity contribution in [2.45, 2.75) is 43.3 Å². The fourth-order valence-corrected chi connectivity index (χ4v) is 5.53. The molecule has 2 aliphatic rings. The highest BCUT2D eigenvalue weighted by Crippen LogP contribution is 2.68. The SMILES string of the molecule is CCOC(=O)CP(C)(=O)OC[C@H]1OC2(C)[C@@H](n3cnc4c(OC)nc(N)nc43)C2(O)C1O. The minimum absolute atomic E-state index is 0.0351. The number of aromatic nitrogens is 4. The summed E-state index contributed by atoms with van der Waals surface area (Å²) in [7, 11) is -1.90. The summed E-state index contributed by atoms with van der Waals surface area (Å²) in [5.41, 5.74) is 3.54. The van der Waals surface area contributed by atoms with Crippen molar-refractivity contribution >= 4 is 30.5 Å². The Balaban J connectivity index is 1.51. The van der Waals surface area contributed by atoms with E-state index in [2.05, 4.69) is 15.0 Å². The zero-order valence-corrected chi connectivity index (χ0v) is 19.0. The number of hydrogen-bond acceptors (Lipinski definition) is 12. The second-order valence-electron chi connectivity index (χ2n) is 8.12. The van der Waals surface area contributed by atoms with Crippen LogP contribution in [0.4, 0.5) is 5.95 Å². The highest BCUT2D eigenvalue weighted by molar-refractivity contribution is 7.59. The van der Waals surface area contributed by atoms with E-state index in [0.29, 0.717) is 11.2 Å². The van der Waals surface area contributed by atoms with E-state index in [1.54, 1.807) is 18.4 Å². The van der Waals surface area contributed by atoms with Crippen LogP contribution >= 0.6 is 7.37 Å². The third-order valence-corrected chi connectivity index (χ3v) is 7.49. The highest BCUT2D eigenvalue weighted by Gasteiger charge is 2.85. The summed E-state index contributed by atoms with van der Waals surface area (Å²) < 4.78 is 35.4. The van der Waals surface area contributed by atoms with Crippen molar-refractivity contribution in [1.29, 1.82) is 0 Å². The Kier molecular flexibility index (Phi) is 5.45. The Labute approximate surface area is 183 Å². The van der Waals surface area contributed by atoms with Crippen molar-refractivity contribution in [3.63, 3.8) is 0 Å². The smallest absolute Gasteiger partial charge is 0.315 e. The molecule has 4 N–H and O–H groups in total. The average Bonchev–Trinajstić information content (AvgIpc) is 2.95. The van der Waals surface area contributed by atoms with Crippen LogP contribution in [0.1, 0.15) is 19.9 Å². The van der Waals surface area contributed by atoms with Crippen LogP contribution in [-0.2, 0) is 23.4 Å². The molecule has 176 valence electrons. The molecule has 6 atom stereocenters. The second kappa shape index (κ2) is 7.63. The van der Waals surface area contributed by atoms with Gasteiger partial charge < -0.3 is 39.2 Å². The number of hydrogen-bond donors (Lipinski definition) is 3. The molecular weight excluding hydrogens is 445 g/mol. The quantitative estimate of drug-likeness (QED) is 0.338. The number of carbonyl (C=O) groups excluding carboxylic acids is 1. The van der Waals surface area contributed by atoms with Crippen LogP contribution in [0.5, 0.6) is 5.88 Å². The number of nitrogen functional groups attached to an aromatic ring is 1. The summed E-state index contributed by atoms with van der Waals surface area (Å²) in [5.74, 6) is -0.488. The topological polar surface area (TPSA) is 181 Å². The van der Waals surface area contributed by atoms with Gasteiger partial charge in [0, 0.05) is 6.66 Å². The van der Waals surface area contributed by atoms with Crippen LogP contribution in [0.2, 0.25) is 0 Å². The molecular formula is C18H26N5O8P. The zero-order chi connectivity index (χ0) is 23.5. The highest BCUT2D eigenvalue weighted by atomic mass is 31.2. The number of ether oxygens (including phenoxy) is 3. The molecule has 1 aliphatic carbocycles. The van der Waals surface area contributed by atoms with E-state index in [9.17, 15) is 19.6 Å². The summed E-state index contributed by atoms with van der Waals surface area (Å²) >= 11 is 0. The lowest BCUT2D eigenvalue weighted by atomic mass is 10.1. The normalized spacial score (nSPS) is 33.0. The number of methoxy groups -OCH3 is 1. The predicted octanol–water partition coefficient (Wildman–Crippen LogP) is -0.291. The monoisotopic (exact) mass is 471 g/mol. The average molecular weight is 471 g/mol. The van der Waals surface area contributed by atoms with Crippen LogP contribution in [0.3, 0.4) is 0 Å². The molecule has 2 aromatic rings. The minimum Gasteiger partial charge on any atom is -0.479 e. The van der Waals surface area contributed by atoms with Gasteiger partial charge in [0.15, 0.2) is 11.2 Å². The van der Waals surface area contributed by atoms with Gasteiger partial charge in [0.2, 0.25) is 19.2 Å². The third-order valence-electron chi connectivity index (χ3n) is 5.96. The maximum absolute atomic E-state index is 12.5. The first kappa shape index (κ1) is 22.9. The van der Waals surface area contributed by atoms with Crippen molar-refractivity contribution in [3.05, 3.63) is 6.33 Å².